The average Bonchev–Trinajstić information content (AvgIpc) is 2.33. The molecule has 0 saturated heterocycles. The van der Waals surface area contributed by atoms with Crippen LogP contribution < -0.4 is 5.32 Å². The van der Waals surface area contributed by atoms with E-state index < -0.39 is 11.9 Å². The van der Waals surface area contributed by atoms with Gasteiger partial charge in [0.05, 0.1) is 0 Å². The van der Waals surface area contributed by atoms with Crippen molar-refractivity contribution < 1.29 is 13.2 Å². The van der Waals surface area contributed by atoms with E-state index in [-0.39, 0.29) is 11.9 Å². The van der Waals surface area contributed by atoms with Crippen LogP contribution in [0, 0.1) is 5.92 Å². The number of nitrogens with one attached hydrogen (secondary N) is 1. The summed E-state index contributed by atoms with van der Waals surface area (Å²) in [5, 5.41) is 3.31. The number of rotatable bonds is 6. The summed E-state index contributed by atoms with van der Waals surface area (Å²) >= 11 is 0. The third kappa shape index (κ3) is 5.14. The Bertz CT molecular complexity index is 391. The molecule has 0 aliphatic carbocycles. The van der Waals surface area contributed by atoms with E-state index in [0.29, 0.717) is 12.3 Å². The Balaban J connectivity index is 2.79. The van der Waals surface area contributed by atoms with Crippen LogP contribution >= 0.6 is 0 Å². The van der Waals surface area contributed by atoms with Crippen molar-refractivity contribution in [3.05, 3.63) is 23.8 Å². The normalized spacial score (nSPS) is 13.8. The van der Waals surface area contributed by atoms with Crippen molar-refractivity contribution in [2.75, 3.05) is 6.54 Å². The molecule has 0 aliphatic rings. The summed E-state index contributed by atoms with van der Waals surface area (Å²) in [4.78, 5) is 7.53. The summed E-state index contributed by atoms with van der Waals surface area (Å²) < 4.78 is 37.7. The predicted molar refractivity (Wildman–Crippen MR) is 67.7 cm³/mol. The lowest BCUT2D eigenvalue weighted by Crippen LogP contribution is -2.36. The number of hydrogen-bond donors (Lipinski definition) is 1. The Morgan fingerprint density at radius 3 is 2.53 bits per heavy atom. The van der Waals surface area contributed by atoms with Crippen molar-refractivity contribution >= 4 is 0 Å². The number of hydrogen-bond acceptors (Lipinski definition) is 3. The van der Waals surface area contributed by atoms with Gasteiger partial charge in [-0.3, -0.25) is 0 Å². The second-order valence-corrected chi connectivity index (χ2v) is 4.86. The van der Waals surface area contributed by atoms with Gasteiger partial charge in [-0.25, -0.2) is 9.97 Å². The molecule has 1 unspecified atom stereocenters. The van der Waals surface area contributed by atoms with E-state index in [1.54, 1.807) is 0 Å². The second kappa shape index (κ2) is 6.84. The van der Waals surface area contributed by atoms with Gasteiger partial charge in [-0.2, -0.15) is 13.2 Å². The van der Waals surface area contributed by atoms with Crippen molar-refractivity contribution in [1.82, 2.24) is 15.3 Å². The molecule has 6 heteroatoms. The molecular weight excluding hydrogens is 255 g/mol. The van der Waals surface area contributed by atoms with Gasteiger partial charge in [0.2, 0.25) is 0 Å². The molecule has 0 amide bonds. The van der Waals surface area contributed by atoms with Gasteiger partial charge in [0.1, 0.15) is 11.5 Å². The molecule has 0 spiro atoms. The second-order valence-electron chi connectivity index (χ2n) is 4.86. The van der Waals surface area contributed by atoms with Crippen LogP contribution in [0.3, 0.4) is 0 Å². The lowest BCUT2D eigenvalue weighted by atomic mass is 10.0. The summed E-state index contributed by atoms with van der Waals surface area (Å²) in [6.07, 6.45) is -1.86. The molecule has 0 bridgehead atoms. The van der Waals surface area contributed by atoms with E-state index >= 15 is 0 Å². The van der Waals surface area contributed by atoms with Crippen LogP contribution in [0.15, 0.2) is 12.3 Å². The van der Waals surface area contributed by atoms with Crippen LogP contribution in [0.4, 0.5) is 13.2 Å². The van der Waals surface area contributed by atoms with Crippen molar-refractivity contribution in [1.29, 1.82) is 0 Å². The largest absolute Gasteiger partial charge is 0.433 e. The quantitative estimate of drug-likeness (QED) is 0.867. The first-order valence-corrected chi connectivity index (χ1v) is 6.47. The van der Waals surface area contributed by atoms with E-state index in [1.807, 2.05) is 20.8 Å². The summed E-state index contributed by atoms with van der Waals surface area (Å²) in [5.74, 6) is 0.543. The van der Waals surface area contributed by atoms with Gasteiger partial charge in [-0.1, -0.05) is 20.8 Å². The molecule has 1 heterocycles. The first-order valence-electron chi connectivity index (χ1n) is 6.47. The predicted octanol–water partition coefficient (Wildman–Crippen LogP) is 3.06. The third-order valence-electron chi connectivity index (χ3n) is 2.86. The standard InChI is InChI=1S/C13H20F3N3/c1-4-6-17-10(9(2)3)8-12-18-7-5-11(19-12)13(14,15)16/h5,7,9-10,17H,4,6,8H2,1-3H3. The minimum absolute atomic E-state index is 0.0865. The molecule has 3 nitrogen and oxygen atoms in total. The summed E-state index contributed by atoms with van der Waals surface area (Å²) in [6, 6.07) is 0.983. The maximum absolute atomic E-state index is 12.6. The molecule has 0 saturated carbocycles. The van der Waals surface area contributed by atoms with Crippen LogP contribution in [-0.2, 0) is 12.6 Å². The number of alkyl halides is 3. The Labute approximate surface area is 111 Å². The molecule has 19 heavy (non-hydrogen) atoms. The molecule has 1 aromatic rings. The van der Waals surface area contributed by atoms with Gasteiger partial charge in [-0.05, 0) is 24.9 Å². The maximum atomic E-state index is 12.6. The zero-order valence-corrected chi connectivity index (χ0v) is 11.5. The fraction of sp³-hybridized carbons (Fsp3) is 0.692. The molecule has 1 rings (SSSR count). The Morgan fingerprint density at radius 2 is 2.00 bits per heavy atom. The first-order chi connectivity index (χ1) is 8.84. The van der Waals surface area contributed by atoms with Gasteiger partial charge in [-0.15, -0.1) is 0 Å². The molecule has 1 atom stereocenters. The summed E-state index contributed by atoms with van der Waals surface area (Å²) in [5.41, 5.74) is -0.879. The molecule has 0 aliphatic heterocycles. The molecule has 108 valence electrons. The zero-order chi connectivity index (χ0) is 14.5. The van der Waals surface area contributed by atoms with Crippen LogP contribution in [-0.4, -0.2) is 22.6 Å². The van der Waals surface area contributed by atoms with E-state index in [2.05, 4.69) is 15.3 Å². The van der Waals surface area contributed by atoms with Gasteiger partial charge >= 0.3 is 6.18 Å². The van der Waals surface area contributed by atoms with Gasteiger partial charge in [0, 0.05) is 18.7 Å². The topological polar surface area (TPSA) is 37.8 Å². The van der Waals surface area contributed by atoms with Gasteiger partial charge < -0.3 is 5.32 Å². The number of halogens is 3. The van der Waals surface area contributed by atoms with Crippen molar-refractivity contribution in [2.45, 2.75) is 45.8 Å². The molecular formula is C13H20F3N3. The highest BCUT2D eigenvalue weighted by Gasteiger charge is 2.32. The van der Waals surface area contributed by atoms with E-state index in [4.69, 9.17) is 0 Å². The number of aromatic nitrogens is 2. The molecule has 1 N–H and O–H groups in total. The molecule has 0 fully saturated rings. The van der Waals surface area contributed by atoms with Crippen molar-refractivity contribution in [3.63, 3.8) is 0 Å². The Hall–Kier alpha value is -1.17. The van der Waals surface area contributed by atoms with E-state index in [1.165, 1.54) is 6.20 Å². The first kappa shape index (κ1) is 15.9. The Morgan fingerprint density at radius 1 is 1.32 bits per heavy atom. The smallest absolute Gasteiger partial charge is 0.313 e. The van der Waals surface area contributed by atoms with Crippen molar-refractivity contribution in [2.24, 2.45) is 5.92 Å². The Kier molecular flexibility index (Phi) is 5.72. The van der Waals surface area contributed by atoms with Crippen LogP contribution in [0.25, 0.3) is 0 Å². The lowest BCUT2D eigenvalue weighted by Gasteiger charge is -2.21. The molecule has 0 aromatic carbocycles. The molecule has 1 aromatic heterocycles. The average molecular weight is 275 g/mol. The zero-order valence-electron chi connectivity index (χ0n) is 11.5. The third-order valence-corrected chi connectivity index (χ3v) is 2.86. The highest BCUT2D eigenvalue weighted by atomic mass is 19.4. The van der Waals surface area contributed by atoms with Crippen LogP contribution in [0.2, 0.25) is 0 Å². The van der Waals surface area contributed by atoms with Crippen molar-refractivity contribution in [3.8, 4) is 0 Å². The highest BCUT2D eigenvalue weighted by Crippen LogP contribution is 2.27. The van der Waals surface area contributed by atoms with Crippen LogP contribution in [0.1, 0.15) is 38.7 Å². The fourth-order valence-corrected chi connectivity index (χ4v) is 1.73. The molecule has 0 radical (unpaired) electrons. The van der Waals surface area contributed by atoms with E-state index in [0.717, 1.165) is 19.0 Å². The lowest BCUT2D eigenvalue weighted by molar-refractivity contribution is -0.141. The van der Waals surface area contributed by atoms with Gasteiger partial charge in [0.25, 0.3) is 0 Å². The number of nitrogens with zero attached hydrogens (tertiary/aromatic N) is 2. The fourth-order valence-electron chi connectivity index (χ4n) is 1.73. The summed E-state index contributed by atoms with van der Waals surface area (Å²) in [7, 11) is 0. The SMILES string of the molecule is CCCNC(Cc1nccc(C(F)(F)F)n1)C(C)C. The summed E-state index contributed by atoms with van der Waals surface area (Å²) in [6.45, 7) is 6.94. The van der Waals surface area contributed by atoms with Crippen LogP contribution in [0.5, 0.6) is 0 Å². The van der Waals surface area contributed by atoms with Gasteiger partial charge in [0.15, 0.2) is 0 Å². The monoisotopic (exact) mass is 275 g/mol. The maximum Gasteiger partial charge on any atom is 0.433 e. The minimum Gasteiger partial charge on any atom is -0.313 e. The minimum atomic E-state index is -4.41. The van der Waals surface area contributed by atoms with E-state index in [9.17, 15) is 13.2 Å². The highest BCUT2D eigenvalue weighted by molar-refractivity contribution is 5.07.